The molecule has 5 rings (SSSR count). The molecule has 8 heteroatoms. The topological polar surface area (TPSA) is 91.3 Å². The molecule has 0 radical (unpaired) electrons. The number of ether oxygens (including phenoxy) is 2. The molecule has 2 aromatic carbocycles. The highest BCUT2D eigenvalue weighted by Crippen LogP contribution is 2.47. The summed E-state index contributed by atoms with van der Waals surface area (Å²) in [5.74, 6) is 0.717. The second kappa shape index (κ2) is 9.97. The van der Waals surface area contributed by atoms with Crippen LogP contribution in [0.25, 0.3) is 0 Å². The van der Waals surface area contributed by atoms with Gasteiger partial charge >= 0.3 is 0 Å². The first-order valence-electron chi connectivity index (χ1n) is 12.3. The predicted octanol–water partition coefficient (Wildman–Crippen LogP) is 2.16. The molecule has 3 heterocycles. The molecule has 0 aliphatic carbocycles. The summed E-state index contributed by atoms with van der Waals surface area (Å²) >= 11 is 0. The minimum atomic E-state index is -0.507. The molecular weight excluding hydrogens is 446 g/mol. The van der Waals surface area contributed by atoms with Gasteiger partial charge in [0, 0.05) is 30.3 Å². The van der Waals surface area contributed by atoms with Crippen LogP contribution in [0.4, 0.5) is 5.69 Å². The lowest BCUT2D eigenvalue weighted by Crippen LogP contribution is -2.48. The Bertz CT molecular complexity index is 1100. The third kappa shape index (κ3) is 5.05. The number of aliphatic hydroxyl groups excluding tert-OH is 1. The van der Waals surface area contributed by atoms with Crippen LogP contribution < -0.4 is 10.1 Å². The Hall–Kier alpha value is -2.94. The van der Waals surface area contributed by atoms with Gasteiger partial charge in [0.2, 0.25) is 11.8 Å². The SMILES string of the molecule is CN(C)CC(=O)Nc1ccc2c(c1)[C@@H]1C[C@@H](CC(=O)N3CCc4ccccc4C3)O[C@@H](CO)[C@@H]1O2. The number of carbonyl (C=O) groups is 2. The minimum absolute atomic E-state index is 0.0125. The molecule has 2 aromatic rings. The molecule has 35 heavy (non-hydrogen) atoms. The summed E-state index contributed by atoms with van der Waals surface area (Å²) in [4.78, 5) is 29.1. The van der Waals surface area contributed by atoms with Gasteiger partial charge in [-0.2, -0.15) is 0 Å². The van der Waals surface area contributed by atoms with E-state index < -0.39 is 6.10 Å². The molecule has 0 spiro atoms. The lowest BCUT2D eigenvalue weighted by molar-refractivity contribution is -0.149. The summed E-state index contributed by atoms with van der Waals surface area (Å²) in [6.07, 6.45) is 0.639. The quantitative estimate of drug-likeness (QED) is 0.660. The first-order chi connectivity index (χ1) is 16.9. The van der Waals surface area contributed by atoms with Crippen molar-refractivity contribution in [2.75, 3.05) is 39.1 Å². The van der Waals surface area contributed by atoms with E-state index in [1.807, 2.05) is 54.2 Å². The van der Waals surface area contributed by atoms with Gasteiger partial charge in [-0.15, -0.1) is 0 Å². The van der Waals surface area contributed by atoms with Crippen LogP contribution in [0.15, 0.2) is 42.5 Å². The van der Waals surface area contributed by atoms with Gasteiger partial charge < -0.3 is 29.7 Å². The molecule has 0 saturated carbocycles. The number of nitrogens with zero attached hydrogens (tertiary/aromatic N) is 2. The molecule has 0 bridgehead atoms. The molecule has 186 valence electrons. The second-order valence-electron chi connectivity index (χ2n) is 9.98. The molecule has 1 fully saturated rings. The average Bonchev–Trinajstić information content (AvgIpc) is 3.20. The maximum absolute atomic E-state index is 13.2. The van der Waals surface area contributed by atoms with Gasteiger partial charge in [-0.1, -0.05) is 24.3 Å². The number of likely N-dealkylation sites (N-methyl/N-ethyl adjacent to an activating group) is 1. The van der Waals surface area contributed by atoms with Crippen LogP contribution in [-0.2, 0) is 27.3 Å². The number of hydrogen-bond donors (Lipinski definition) is 2. The van der Waals surface area contributed by atoms with Crippen molar-refractivity contribution in [3.8, 4) is 5.75 Å². The molecular formula is C27H33N3O5. The summed E-state index contributed by atoms with van der Waals surface area (Å²) in [7, 11) is 3.70. The zero-order valence-electron chi connectivity index (χ0n) is 20.3. The largest absolute Gasteiger partial charge is 0.487 e. The standard InChI is InChI=1S/C27H33N3O5/c1-29(2)15-25(32)28-19-7-8-23-21(11-19)22-12-20(34-24(16-31)27(22)35-23)13-26(33)30-10-9-17-5-3-4-6-18(17)14-30/h3-8,11,20,22,24,27,31H,9-10,12-16H2,1-2H3,(H,28,32)/t20-,22-,24-,27+/m0/s1. The lowest BCUT2D eigenvalue weighted by atomic mass is 9.84. The first kappa shape index (κ1) is 23.8. The normalized spacial score (nSPS) is 24.9. The summed E-state index contributed by atoms with van der Waals surface area (Å²) in [6, 6.07) is 13.9. The van der Waals surface area contributed by atoms with Gasteiger partial charge in [-0.3, -0.25) is 9.59 Å². The minimum Gasteiger partial charge on any atom is -0.487 e. The van der Waals surface area contributed by atoms with Gasteiger partial charge in [0.1, 0.15) is 18.0 Å². The van der Waals surface area contributed by atoms with Crippen LogP contribution in [-0.4, -0.2) is 78.8 Å². The number of rotatable bonds is 6. The number of hydrogen-bond acceptors (Lipinski definition) is 6. The van der Waals surface area contributed by atoms with Crippen molar-refractivity contribution in [1.82, 2.24) is 9.80 Å². The summed E-state index contributed by atoms with van der Waals surface area (Å²) in [5, 5.41) is 13.0. The van der Waals surface area contributed by atoms with Crippen molar-refractivity contribution in [3.05, 3.63) is 59.2 Å². The smallest absolute Gasteiger partial charge is 0.238 e. The van der Waals surface area contributed by atoms with E-state index in [-0.39, 0.29) is 43.0 Å². The zero-order valence-corrected chi connectivity index (χ0v) is 20.3. The number of amides is 2. The maximum atomic E-state index is 13.2. The number of nitrogens with one attached hydrogen (secondary N) is 1. The number of fused-ring (bicyclic) bond motifs is 4. The van der Waals surface area contributed by atoms with Crippen LogP contribution in [0.3, 0.4) is 0 Å². The van der Waals surface area contributed by atoms with Gasteiger partial charge in [-0.05, 0) is 56.3 Å². The number of carbonyl (C=O) groups excluding carboxylic acids is 2. The Morgan fingerprint density at radius 1 is 1.17 bits per heavy atom. The Labute approximate surface area is 205 Å². The van der Waals surface area contributed by atoms with Crippen molar-refractivity contribution < 1.29 is 24.2 Å². The van der Waals surface area contributed by atoms with Gasteiger partial charge in [0.05, 0.1) is 25.7 Å². The van der Waals surface area contributed by atoms with E-state index in [0.717, 1.165) is 17.7 Å². The maximum Gasteiger partial charge on any atom is 0.238 e. The molecule has 3 aliphatic heterocycles. The van der Waals surface area contributed by atoms with Gasteiger partial charge in [0.25, 0.3) is 0 Å². The van der Waals surface area contributed by atoms with Crippen molar-refractivity contribution in [3.63, 3.8) is 0 Å². The van der Waals surface area contributed by atoms with E-state index >= 15 is 0 Å². The van der Waals surface area contributed by atoms with Crippen LogP contribution in [0.5, 0.6) is 5.75 Å². The van der Waals surface area contributed by atoms with Crippen molar-refractivity contribution in [1.29, 1.82) is 0 Å². The van der Waals surface area contributed by atoms with Crippen molar-refractivity contribution in [2.24, 2.45) is 0 Å². The third-order valence-corrected chi connectivity index (χ3v) is 7.13. The van der Waals surface area contributed by atoms with Gasteiger partial charge in [-0.25, -0.2) is 0 Å². The fourth-order valence-electron chi connectivity index (χ4n) is 5.49. The van der Waals surface area contributed by atoms with Crippen molar-refractivity contribution >= 4 is 17.5 Å². The van der Waals surface area contributed by atoms with E-state index in [9.17, 15) is 14.7 Å². The van der Waals surface area contributed by atoms with Crippen LogP contribution in [0.1, 0.15) is 35.4 Å². The molecule has 3 aliphatic rings. The van der Waals surface area contributed by atoms with Crippen LogP contribution in [0.2, 0.25) is 0 Å². The molecule has 2 N–H and O–H groups in total. The fourth-order valence-corrected chi connectivity index (χ4v) is 5.49. The summed E-state index contributed by atoms with van der Waals surface area (Å²) in [6.45, 7) is 1.45. The molecule has 0 aromatic heterocycles. The Morgan fingerprint density at radius 3 is 2.74 bits per heavy atom. The highest BCUT2D eigenvalue weighted by atomic mass is 16.6. The van der Waals surface area contributed by atoms with E-state index in [4.69, 9.17) is 9.47 Å². The first-order valence-corrected chi connectivity index (χ1v) is 12.3. The van der Waals surface area contributed by atoms with E-state index in [2.05, 4.69) is 17.4 Å². The molecule has 0 unspecified atom stereocenters. The summed E-state index contributed by atoms with van der Waals surface area (Å²) < 4.78 is 12.3. The fraction of sp³-hybridized carbons (Fsp3) is 0.481. The van der Waals surface area contributed by atoms with Crippen molar-refractivity contribution in [2.45, 2.75) is 50.0 Å². The molecule has 4 atom stereocenters. The number of anilines is 1. The van der Waals surface area contributed by atoms with Crippen LogP contribution >= 0.6 is 0 Å². The Morgan fingerprint density at radius 2 is 1.97 bits per heavy atom. The lowest BCUT2D eigenvalue weighted by Gasteiger charge is -2.38. The highest BCUT2D eigenvalue weighted by molar-refractivity contribution is 5.92. The molecule has 2 amide bonds. The Balaban J connectivity index is 1.28. The third-order valence-electron chi connectivity index (χ3n) is 7.13. The number of aliphatic hydroxyl groups is 1. The van der Waals surface area contributed by atoms with Crippen LogP contribution in [0, 0.1) is 0 Å². The number of benzene rings is 2. The Kier molecular flexibility index (Phi) is 6.77. The zero-order chi connectivity index (χ0) is 24.5. The second-order valence-corrected chi connectivity index (χ2v) is 9.98. The van der Waals surface area contributed by atoms with E-state index in [1.54, 1.807) is 0 Å². The highest BCUT2D eigenvalue weighted by Gasteiger charge is 2.46. The van der Waals surface area contributed by atoms with E-state index in [1.165, 1.54) is 11.1 Å². The van der Waals surface area contributed by atoms with E-state index in [0.29, 0.717) is 31.7 Å². The van der Waals surface area contributed by atoms with Gasteiger partial charge in [0.15, 0.2) is 0 Å². The summed E-state index contributed by atoms with van der Waals surface area (Å²) in [5.41, 5.74) is 4.21. The predicted molar refractivity (Wildman–Crippen MR) is 131 cm³/mol. The molecule has 1 saturated heterocycles. The monoisotopic (exact) mass is 479 g/mol. The average molecular weight is 480 g/mol. The molecule has 8 nitrogen and oxygen atoms in total.